The molecule has 3 rings (SSSR count). The molecule has 1 unspecified atom stereocenters. The van der Waals surface area contributed by atoms with Crippen molar-refractivity contribution in [2.75, 3.05) is 11.5 Å². The Morgan fingerprint density at radius 1 is 1.13 bits per heavy atom. The SMILES string of the molecule is CC[P+](=O)c1ccccc1-c1nc(Nc2ccc(C(=O)O)cc2)ncc1C(F)(F)F. The van der Waals surface area contributed by atoms with Crippen LogP contribution in [0, 0.1) is 0 Å². The molecular weight excluding hydrogens is 418 g/mol. The summed E-state index contributed by atoms with van der Waals surface area (Å²) < 4.78 is 53.2. The van der Waals surface area contributed by atoms with Gasteiger partial charge in [-0.2, -0.15) is 13.2 Å². The number of halogens is 3. The van der Waals surface area contributed by atoms with Crippen LogP contribution in [0.15, 0.2) is 54.7 Å². The summed E-state index contributed by atoms with van der Waals surface area (Å²) in [5.41, 5.74) is -0.833. The van der Waals surface area contributed by atoms with E-state index in [1.54, 1.807) is 19.1 Å². The molecule has 2 N–H and O–H groups in total. The lowest BCUT2D eigenvalue weighted by molar-refractivity contribution is -0.137. The van der Waals surface area contributed by atoms with Crippen molar-refractivity contribution in [1.82, 2.24) is 9.97 Å². The predicted molar refractivity (Wildman–Crippen MR) is 107 cm³/mol. The Labute approximate surface area is 170 Å². The highest BCUT2D eigenvalue weighted by atomic mass is 31.1. The minimum absolute atomic E-state index is 0.0619. The van der Waals surface area contributed by atoms with Gasteiger partial charge in [-0.05, 0) is 43.3 Å². The molecule has 0 amide bonds. The number of nitrogens with zero attached hydrogens (tertiary/aromatic N) is 2. The van der Waals surface area contributed by atoms with Crippen molar-refractivity contribution in [3.63, 3.8) is 0 Å². The Morgan fingerprint density at radius 2 is 1.80 bits per heavy atom. The molecule has 30 heavy (non-hydrogen) atoms. The van der Waals surface area contributed by atoms with E-state index in [4.69, 9.17) is 5.11 Å². The first kappa shape index (κ1) is 21.4. The van der Waals surface area contributed by atoms with E-state index in [1.807, 2.05) is 0 Å². The maximum atomic E-state index is 13.6. The quantitative estimate of drug-likeness (QED) is 0.526. The van der Waals surface area contributed by atoms with Crippen LogP contribution in [0.5, 0.6) is 0 Å². The van der Waals surface area contributed by atoms with Gasteiger partial charge in [-0.1, -0.05) is 16.7 Å². The summed E-state index contributed by atoms with van der Waals surface area (Å²) in [6, 6.07) is 11.7. The molecule has 6 nitrogen and oxygen atoms in total. The number of aromatic nitrogens is 2. The minimum Gasteiger partial charge on any atom is -0.478 e. The van der Waals surface area contributed by atoms with Crippen LogP contribution in [0.3, 0.4) is 0 Å². The summed E-state index contributed by atoms with van der Waals surface area (Å²) in [5, 5.41) is 12.0. The van der Waals surface area contributed by atoms with Gasteiger partial charge in [0.15, 0.2) is 5.30 Å². The molecule has 154 valence electrons. The summed E-state index contributed by atoms with van der Waals surface area (Å²) in [5.74, 6) is -1.21. The third-order valence-electron chi connectivity index (χ3n) is 4.20. The van der Waals surface area contributed by atoms with Gasteiger partial charge in [0.25, 0.3) is 0 Å². The van der Waals surface area contributed by atoms with E-state index < -0.39 is 25.5 Å². The number of hydrogen-bond acceptors (Lipinski definition) is 5. The Hall–Kier alpha value is -3.32. The van der Waals surface area contributed by atoms with E-state index in [2.05, 4.69) is 15.3 Å². The first-order valence-corrected chi connectivity index (χ1v) is 10.2. The van der Waals surface area contributed by atoms with E-state index in [9.17, 15) is 22.5 Å². The average molecular weight is 434 g/mol. The number of rotatable bonds is 6. The zero-order chi connectivity index (χ0) is 21.9. The van der Waals surface area contributed by atoms with Crippen LogP contribution in [0.4, 0.5) is 24.8 Å². The zero-order valence-corrected chi connectivity index (χ0v) is 16.5. The summed E-state index contributed by atoms with van der Waals surface area (Å²) in [6.07, 6.45) is -3.76. The van der Waals surface area contributed by atoms with Gasteiger partial charge in [0, 0.05) is 11.9 Å². The molecule has 0 radical (unpaired) electrons. The molecule has 0 saturated carbocycles. The fraction of sp³-hybridized carbons (Fsp3) is 0.150. The molecule has 1 aromatic heterocycles. The standard InChI is InChI=1S/C20H15F3N3O3P/c1-2-30(29)16-6-4-3-5-14(16)17-15(20(21,22)23)11-24-19(26-17)25-13-9-7-12(8-10-13)18(27)28/h3-11H,2H2,1H3,(H-,24,25,26,27,28)/p+1. The van der Waals surface area contributed by atoms with Gasteiger partial charge in [-0.15, -0.1) is 0 Å². The van der Waals surface area contributed by atoms with Crippen molar-refractivity contribution in [3.8, 4) is 11.3 Å². The van der Waals surface area contributed by atoms with Crippen LogP contribution >= 0.6 is 7.80 Å². The highest BCUT2D eigenvalue weighted by Crippen LogP contribution is 2.37. The van der Waals surface area contributed by atoms with Crippen LogP contribution in [-0.2, 0) is 10.7 Å². The number of carboxylic acids is 1. The third-order valence-corrected chi connectivity index (χ3v) is 5.70. The fourth-order valence-corrected chi connectivity index (χ4v) is 3.78. The summed E-state index contributed by atoms with van der Waals surface area (Å²) >= 11 is 0. The van der Waals surface area contributed by atoms with Crippen molar-refractivity contribution in [2.24, 2.45) is 0 Å². The van der Waals surface area contributed by atoms with Crippen LogP contribution in [0.25, 0.3) is 11.3 Å². The third kappa shape index (κ3) is 4.63. The zero-order valence-electron chi connectivity index (χ0n) is 15.6. The van der Waals surface area contributed by atoms with Crippen LogP contribution in [-0.4, -0.2) is 27.2 Å². The second-order valence-corrected chi connectivity index (χ2v) is 8.04. The van der Waals surface area contributed by atoms with Crippen LogP contribution in [0.2, 0.25) is 0 Å². The molecular formula is C20H16F3N3O3P+. The van der Waals surface area contributed by atoms with Crippen molar-refractivity contribution < 1.29 is 27.6 Å². The van der Waals surface area contributed by atoms with Gasteiger partial charge in [0.2, 0.25) is 5.95 Å². The maximum Gasteiger partial charge on any atom is 0.419 e. The van der Waals surface area contributed by atoms with Gasteiger partial charge in [0.1, 0.15) is 11.7 Å². The van der Waals surface area contributed by atoms with E-state index in [0.29, 0.717) is 11.9 Å². The molecule has 1 heterocycles. The topological polar surface area (TPSA) is 92.2 Å². The molecule has 0 bridgehead atoms. The lowest BCUT2D eigenvalue weighted by atomic mass is 10.1. The summed E-state index contributed by atoms with van der Waals surface area (Å²) in [7, 11) is -1.89. The number of carbonyl (C=O) groups is 1. The second kappa shape index (κ2) is 8.59. The number of anilines is 2. The molecule has 2 aromatic carbocycles. The lowest BCUT2D eigenvalue weighted by Crippen LogP contribution is -2.14. The van der Waals surface area contributed by atoms with Crippen molar-refractivity contribution in [1.29, 1.82) is 0 Å². The van der Waals surface area contributed by atoms with Gasteiger partial charge in [0.05, 0.1) is 16.8 Å². The van der Waals surface area contributed by atoms with Crippen LogP contribution in [0.1, 0.15) is 22.8 Å². The number of benzene rings is 2. The fourth-order valence-electron chi connectivity index (χ4n) is 2.74. The average Bonchev–Trinajstić information content (AvgIpc) is 2.72. The molecule has 0 fully saturated rings. The van der Waals surface area contributed by atoms with Crippen molar-refractivity contribution in [2.45, 2.75) is 13.1 Å². The molecule has 3 aromatic rings. The number of alkyl halides is 3. The molecule has 0 aliphatic carbocycles. The summed E-state index contributed by atoms with van der Waals surface area (Å²) in [4.78, 5) is 18.7. The molecule has 1 atom stereocenters. The highest BCUT2D eigenvalue weighted by Gasteiger charge is 2.37. The molecule has 10 heteroatoms. The number of hydrogen-bond donors (Lipinski definition) is 2. The molecule has 0 aliphatic heterocycles. The highest BCUT2D eigenvalue weighted by molar-refractivity contribution is 7.53. The smallest absolute Gasteiger partial charge is 0.419 e. The second-order valence-electron chi connectivity index (χ2n) is 6.17. The van der Waals surface area contributed by atoms with Crippen LogP contribution < -0.4 is 10.6 Å². The first-order valence-electron chi connectivity index (χ1n) is 8.79. The monoisotopic (exact) mass is 434 g/mol. The largest absolute Gasteiger partial charge is 0.478 e. The van der Waals surface area contributed by atoms with E-state index >= 15 is 0 Å². The number of aromatic carboxylic acids is 1. The van der Waals surface area contributed by atoms with Gasteiger partial charge in [-0.25, -0.2) is 14.8 Å². The normalized spacial score (nSPS) is 11.8. The summed E-state index contributed by atoms with van der Waals surface area (Å²) in [6.45, 7) is 1.69. The Morgan fingerprint density at radius 3 is 2.40 bits per heavy atom. The first-order chi connectivity index (χ1) is 14.2. The van der Waals surface area contributed by atoms with E-state index in [-0.39, 0.29) is 34.2 Å². The van der Waals surface area contributed by atoms with Crippen molar-refractivity contribution in [3.05, 3.63) is 65.9 Å². The Bertz CT molecular complexity index is 1100. The number of nitrogens with one attached hydrogen (secondary N) is 1. The van der Waals surface area contributed by atoms with E-state index in [1.165, 1.54) is 36.4 Å². The Kier molecular flexibility index (Phi) is 6.12. The van der Waals surface area contributed by atoms with E-state index in [0.717, 1.165) is 0 Å². The predicted octanol–water partition coefficient (Wildman–Crippen LogP) is 5.08. The maximum absolute atomic E-state index is 13.6. The van der Waals surface area contributed by atoms with Gasteiger partial charge >= 0.3 is 19.9 Å². The molecule has 0 saturated heterocycles. The van der Waals surface area contributed by atoms with Gasteiger partial charge < -0.3 is 10.4 Å². The molecule has 0 aliphatic rings. The number of carboxylic acid groups (broad SMARTS) is 1. The lowest BCUT2D eigenvalue weighted by Gasteiger charge is -2.14. The van der Waals surface area contributed by atoms with Gasteiger partial charge in [-0.3, -0.25) is 0 Å². The molecule has 0 spiro atoms. The minimum atomic E-state index is -4.71. The Balaban J connectivity index is 2.08. The van der Waals surface area contributed by atoms with Crippen molar-refractivity contribution >= 4 is 30.7 Å².